The second-order valence-corrected chi connectivity index (χ2v) is 8.55. The molecule has 0 bridgehead atoms. The fourth-order valence-electron chi connectivity index (χ4n) is 5.07. The largest absolute Gasteiger partial charge is 0.376 e. The zero-order valence-corrected chi connectivity index (χ0v) is 16.4. The molecule has 0 aromatic carbocycles. The maximum absolute atomic E-state index is 5.80. The van der Waals surface area contributed by atoms with Gasteiger partial charge in [0.15, 0.2) is 5.82 Å². The minimum atomic E-state index is 0.268. The van der Waals surface area contributed by atoms with Crippen LogP contribution in [-0.4, -0.2) is 74.9 Å². The fraction of sp³-hybridized carbons (Fsp3) is 0.947. The second-order valence-electron chi connectivity index (χ2n) is 8.55. The van der Waals surface area contributed by atoms with Gasteiger partial charge in [-0.3, -0.25) is 9.80 Å². The lowest BCUT2D eigenvalue weighted by Gasteiger charge is -2.42. The second kappa shape index (κ2) is 8.31. The number of rotatable bonds is 6. The summed E-state index contributed by atoms with van der Waals surface area (Å²) in [6.07, 6.45) is 8.16. The topological polar surface area (TPSA) is 59.3 Å². The quantitative estimate of drug-likeness (QED) is 0.772. The van der Waals surface area contributed by atoms with Crippen molar-refractivity contribution in [2.75, 3.05) is 32.8 Å². The van der Waals surface area contributed by atoms with Crippen LogP contribution in [0.5, 0.6) is 0 Å². The molecule has 2 saturated heterocycles. The normalized spacial score (nSPS) is 27.6. The smallest absolute Gasteiger partial charge is 0.168 e. The monoisotopic (exact) mass is 362 g/mol. The third kappa shape index (κ3) is 3.94. The molecule has 0 N–H and O–H groups in total. The Labute approximate surface area is 157 Å². The van der Waals surface area contributed by atoms with Gasteiger partial charge in [0, 0.05) is 38.8 Å². The van der Waals surface area contributed by atoms with Crippen LogP contribution in [0.15, 0.2) is 0 Å². The van der Waals surface area contributed by atoms with Crippen molar-refractivity contribution in [2.24, 2.45) is 5.92 Å². The zero-order chi connectivity index (χ0) is 17.9. The van der Waals surface area contributed by atoms with E-state index in [9.17, 15) is 0 Å². The Balaban J connectivity index is 1.42. The first-order valence-corrected chi connectivity index (χ1v) is 10.6. The minimum Gasteiger partial charge on any atom is -0.376 e. The third-order valence-corrected chi connectivity index (χ3v) is 6.44. The van der Waals surface area contributed by atoms with E-state index in [0.717, 1.165) is 50.9 Å². The summed E-state index contributed by atoms with van der Waals surface area (Å²) in [5, 5.41) is 12.7. The number of tetrazole rings is 1. The minimum absolute atomic E-state index is 0.268. The summed E-state index contributed by atoms with van der Waals surface area (Å²) in [5.74, 6) is 1.51. The van der Waals surface area contributed by atoms with Crippen LogP contribution < -0.4 is 0 Å². The lowest BCUT2D eigenvalue weighted by Crippen LogP contribution is -2.51. The van der Waals surface area contributed by atoms with Crippen molar-refractivity contribution in [3.63, 3.8) is 0 Å². The molecule has 146 valence electrons. The van der Waals surface area contributed by atoms with Crippen molar-refractivity contribution >= 4 is 0 Å². The van der Waals surface area contributed by atoms with Gasteiger partial charge in [-0.05, 0) is 42.0 Å². The molecule has 3 heterocycles. The SMILES string of the molecule is CC(C)[C@H](c1nnnn1C[C@H]1CCCO1)N1CCN(C2CCCC2)CC1. The van der Waals surface area contributed by atoms with Crippen LogP contribution in [0.3, 0.4) is 0 Å². The van der Waals surface area contributed by atoms with Crippen molar-refractivity contribution in [1.82, 2.24) is 30.0 Å². The number of aromatic nitrogens is 4. The van der Waals surface area contributed by atoms with Crippen LogP contribution in [0.2, 0.25) is 0 Å². The first-order valence-electron chi connectivity index (χ1n) is 10.6. The Bertz CT molecular complexity index is 556. The number of ether oxygens (including phenoxy) is 1. The average molecular weight is 363 g/mol. The van der Waals surface area contributed by atoms with Gasteiger partial charge >= 0.3 is 0 Å². The fourth-order valence-corrected chi connectivity index (χ4v) is 5.07. The zero-order valence-electron chi connectivity index (χ0n) is 16.4. The highest BCUT2D eigenvalue weighted by Gasteiger charge is 2.34. The van der Waals surface area contributed by atoms with Crippen molar-refractivity contribution in [3.05, 3.63) is 5.82 Å². The van der Waals surface area contributed by atoms with Gasteiger partial charge in [-0.2, -0.15) is 0 Å². The van der Waals surface area contributed by atoms with E-state index in [1.165, 1.54) is 38.8 Å². The number of hydrogen-bond acceptors (Lipinski definition) is 6. The molecule has 4 rings (SSSR count). The van der Waals surface area contributed by atoms with Crippen LogP contribution in [-0.2, 0) is 11.3 Å². The van der Waals surface area contributed by atoms with E-state index in [0.29, 0.717) is 5.92 Å². The van der Waals surface area contributed by atoms with Crippen molar-refractivity contribution < 1.29 is 4.74 Å². The highest BCUT2D eigenvalue weighted by atomic mass is 16.5. The van der Waals surface area contributed by atoms with Crippen LogP contribution in [0.4, 0.5) is 0 Å². The van der Waals surface area contributed by atoms with Gasteiger partial charge < -0.3 is 4.74 Å². The van der Waals surface area contributed by atoms with Gasteiger partial charge in [0.25, 0.3) is 0 Å². The lowest BCUT2D eigenvalue weighted by atomic mass is 10.00. The molecule has 0 radical (unpaired) electrons. The molecular weight excluding hydrogens is 328 g/mol. The molecule has 1 saturated carbocycles. The third-order valence-electron chi connectivity index (χ3n) is 6.44. The van der Waals surface area contributed by atoms with Crippen molar-refractivity contribution in [3.8, 4) is 0 Å². The summed E-state index contributed by atoms with van der Waals surface area (Å²) in [7, 11) is 0. The molecule has 3 aliphatic rings. The van der Waals surface area contributed by atoms with Crippen molar-refractivity contribution in [1.29, 1.82) is 0 Å². The van der Waals surface area contributed by atoms with Gasteiger partial charge in [0.05, 0.1) is 18.7 Å². The van der Waals surface area contributed by atoms with E-state index in [-0.39, 0.29) is 12.1 Å². The van der Waals surface area contributed by atoms with Gasteiger partial charge in [-0.15, -0.1) is 5.10 Å². The van der Waals surface area contributed by atoms with Crippen LogP contribution >= 0.6 is 0 Å². The first-order chi connectivity index (χ1) is 12.7. The Morgan fingerprint density at radius 3 is 2.46 bits per heavy atom. The van der Waals surface area contributed by atoms with Crippen LogP contribution in [0.1, 0.15) is 64.2 Å². The van der Waals surface area contributed by atoms with E-state index < -0.39 is 0 Å². The maximum Gasteiger partial charge on any atom is 0.168 e. The lowest BCUT2D eigenvalue weighted by molar-refractivity contribution is 0.0469. The molecular formula is C19H34N6O. The molecule has 3 fully saturated rings. The Hall–Kier alpha value is -1.05. The van der Waals surface area contributed by atoms with E-state index in [4.69, 9.17) is 4.74 Å². The maximum atomic E-state index is 5.80. The summed E-state index contributed by atoms with van der Waals surface area (Å²) in [6.45, 7) is 10.8. The van der Waals surface area contributed by atoms with E-state index in [2.05, 4.69) is 39.2 Å². The van der Waals surface area contributed by atoms with Crippen LogP contribution in [0.25, 0.3) is 0 Å². The van der Waals surface area contributed by atoms with Crippen molar-refractivity contribution in [2.45, 2.75) is 77.1 Å². The van der Waals surface area contributed by atoms with Crippen LogP contribution in [0, 0.1) is 5.92 Å². The Kier molecular flexibility index (Phi) is 5.86. The first kappa shape index (κ1) is 18.3. The molecule has 7 nitrogen and oxygen atoms in total. The molecule has 0 spiro atoms. The van der Waals surface area contributed by atoms with Gasteiger partial charge in [0.1, 0.15) is 0 Å². The summed E-state index contributed by atoms with van der Waals surface area (Å²) in [5.41, 5.74) is 0. The number of nitrogens with zero attached hydrogens (tertiary/aromatic N) is 6. The summed E-state index contributed by atoms with van der Waals surface area (Å²) >= 11 is 0. The van der Waals surface area contributed by atoms with Gasteiger partial charge in [-0.1, -0.05) is 26.7 Å². The van der Waals surface area contributed by atoms with Gasteiger partial charge in [0.2, 0.25) is 0 Å². The summed E-state index contributed by atoms with van der Waals surface area (Å²) in [6, 6.07) is 1.12. The highest BCUT2D eigenvalue weighted by molar-refractivity contribution is 4.98. The number of hydrogen-bond donors (Lipinski definition) is 0. The molecule has 26 heavy (non-hydrogen) atoms. The molecule has 1 aromatic rings. The molecule has 1 aliphatic carbocycles. The standard InChI is InChI=1S/C19H34N6O/c1-15(2)18(19-20-21-22-25(19)14-17-8-5-13-26-17)24-11-9-23(10-12-24)16-6-3-4-7-16/h15-18H,3-14H2,1-2H3/t17-,18-/m1/s1. The predicted molar refractivity (Wildman–Crippen MR) is 99.8 cm³/mol. The molecule has 2 atom stereocenters. The highest BCUT2D eigenvalue weighted by Crippen LogP contribution is 2.30. The molecule has 2 aliphatic heterocycles. The average Bonchev–Trinajstić information content (AvgIpc) is 3.39. The van der Waals surface area contributed by atoms with E-state index in [1.807, 2.05) is 4.68 Å². The predicted octanol–water partition coefficient (Wildman–Crippen LogP) is 2.11. The Morgan fingerprint density at radius 2 is 1.81 bits per heavy atom. The summed E-state index contributed by atoms with van der Waals surface area (Å²) < 4.78 is 7.81. The Morgan fingerprint density at radius 1 is 1.04 bits per heavy atom. The van der Waals surface area contributed by atoms with E-state index in [1.54, 1.807) is 0 Å². The summed E-state index contributed by atoms with van der Waals surface area (Å²) in [4.78, 5) is 5.32. The molecule has 0 amide bonds. The molecule has 0 unspecified atom stereocenters. The van der Waals surface area contributed by atoms with E-state index >= 15 is 0 Å². The van der Waals surface area contributed by atoms with Gasteiger partial charge in [-0.25, -0.2) is 4.68 Å². The number of piperazine rings is 1. The molecule has 1 aromatic heterocycles. The molecule has 7 heteroatoms.